The number of carbonyl (C=O) groups is 1. The van der Waals surface area contributed by atoms with Crippen molar-refractivity contribution in [2.75, 3.05) is 5.73 Å². The molecule has 0 atom stereocenters. The molecule has 0 aromatic carbocycles. The molecule has 118 valence electrons. The van der Waals surface area contributed by atoms with Crippen LogP contribution in [-0.2, 0) is 0 Å². The van der Waals surface area contributed by atoms with E-state index < -0.39 is 0 Å². The maximum Gasteiger partial charge on any atom is 0.253 e. The minimum atomic E-state index is -0.301. The molecule has 3 aromatic rings. The molecular weight excluding hydrogens is 292 g/mol. The highest BCUT2D eigenvalue weighted by Gasteiger charge is 2.16. The summed E-state index contributed by atoms with van der Waals surface area (Å²) in [5.41, 5.74) is 8.17. The van der Waals surface area contributed by atoms with Crippen LogP contribution in [0.3, 0.4) is 0 Å². The van der Waals surface area contributed by atoms with Crippen LogP contribution in [0, 0.1) is 0 Å². The van der Waals surface area contributed by atoms with Crippen molar-refractivity contribution in [1.82, 2.24) is 24.9 Å². The van der Waals surface area contributed by atoms with Gasteiger partial charge in [0.05, 0.1) is 5.56 Å². The third-order valence-corrected chi connectivity index (χ3v) is 3.17. The van der Waals surface area contributed by atoms with Gasteiger partial charge in [-0.2, -0.15) is 4.98 Å². The largest absolute Gasteiger partial charge is 0.366 e. The Labute approximate surface area is 133 Å². The lowest BCUT2D eigenvalue weighted by Crippen LogP contribution is -2.40. The molecule has 0 saturated heterocycles. The Hall–Kier alpha value is -2.96. The van der Waals surface area contributed by atoms with Crippen molar-refractivity contribution in [1.29, 1.82) is 0 Å². The highest BCUT2D eigenvalue weighted by atomic mass is 16.1. The van der Waals surface area contributed by atoms with Crippen LogP contribution in [-0.4, -0.2) is 31.0 Å². The standard InChI is InChI=1S/C16H18N6O/c1-16(2,3)20-14(23)12-6-11(7-18-8-12)10-4-5-13-19-15(17)21-22(13)9-10/h4-9H,1-3H3,(H2,17,21)(H,20,23). The van der Waals surface area contributed by atoms with Gasteiger partial charge in [0.25, 0.3) is 5.91 Å². The van der Waals surface area contributed by atoms with Gasteiger partial charge in [0.15, 0.2) is 5.65 Å². The Morgan fingerprint density at radius 1 is 1.22 bits per heavy atom. The molecule has 0 spiro atoms. The van der Waals surface area contributed by atoms with E-state index in [0.29, 0.717) is 11.2 Å². The number of pyridine rings is 2. The molecule has 7 heteroatoms. The summed E-state index contributed by atoms with van der Waals surface area (Å²) in [5.74, 6) is 0.0662. The fraction of sp³-hybridized carbons (Fsp3) is 0.250. The van der Waals surface area contributed by atoms with Gasteiger partial charge in [-0.25, -0.2) is 4.52 Å². The van der Waals surface area contributed by atoms with Crippen LogP contribution in [0.5, 0.6) is 0 Å². The summed E-state index contributed by atoms with van der Waals surface area (Å²) in [6.07, 6.45) is 5.06. The zero-order valence-electron chi connectivity index (χ0n) is 13.2. The average Bonchev–Trinajstić information content (AvgIpc) is 2.84. The lowest BCUT2D eigenvalue weighted by molar-refractivity contribution is 0.0919. The van der Waals surface area contributed by atoms with Gasteiger partial charge in [-0.05, 0) is 39.0 Å². The first kappa shape index (κ1) is 15.0. The molecule has 1 amide bonds. The summed E-state index contributed by atoms with van der Waals surface area (Å²) >= 11 is 0. The number of nitrogen functional groups attached to an aromatic ring is 1. The maximum atomic E-state index is 12.3. The molecule has 0 unspecified atom stereocenters. The van der Waals surface area contributed by atoms with Crippen molar-refractivity contribution in [2.45, 2.75) is 26.3 Å². The molecule has 0 bridgehead atoms. The number of aromatic nitrogens is 4. The summed E-state index contributed by atoms with van der Waals surface area (Å²) in [5, 5.41) is 7.01. The minimum Gasteiger partial charge on any atom is -0.366 e. The van der Waals surface area contributed by atoms with Crippen LogP contribution in [0.25, 0.3) is 16.8 Å². The van der Waals surface area contributed by atoms with Crippen LogP contribution in [0.2, 0.25) is 0 Å². The summed E-state index contributed by atoms with van der Waals surface area (Å²) < 4.78 is 1.60. The Bertz CT molecular complexity index is 878. The summed E-state index contributed by atoms with van der Waals surface area (Å²) in [6.45, 7) is 5.81. The number of hydrogen-bond acceptors (Lipinski definition) is 5. The number of rotatable bonds is 2. The second kappa shape index (κ2) is 5.35. The van der Waals surface area contributed by atoms with E-state index in [4.69, 9.17) is 5.73 Å². The number of amides is 1. The van der Waals surface area contributed by atoms with Gasteiger partial charge < -0.3 is 11.1 Å². The molecule has 0 aliphatic heterocycles. The molecule has 0 radical (unpaired) electrons. The van der Waals surface area contributed by atoms with Gasteiger partial charge in [-0.15, -0.1) is 5.10 Å². The fourth-order valence-corrected chi connectivity index (χ4v) is 2.21. The topological polar surface area (TPSA) is 98.2 Å². The van der Waals surface area contributed by atoms with E-state index in [1.54, 1.807) is 29.2 Å². The Kier molecular flexibility index (Phi) is 3.48. The van der Waals surface area contributed by atoms with Crippen molar-refractivity contribution in [3.63, 3.8) is 0 Å². The zero-order valence-corrected chi connectivity index (χ0v) is 13.2. The van der Waals surface area contributed by atoms with E-state index in [9.17, 15) is 4.79 Å². The molecular formula is C16H18N6O. The quantitative estimate of drug-likeness (QED) is 0.753. The van der Waals surface area contributed by atoms with Crippen molar-refractivity contribution in [3.05, 3.63) is 42.4 Å². The first-order chi connectivity index (χ1) is 10.8. The van der Waals surface area contributed by atoms with Crippen LogP contribution >= 0.6 is 0 Å². The van der Waals surface area contributed by atoms with E-state index in [2.05, 4.69) is 20.4 Å². The van der Waals surface area contributed by atoms with Gasteiger partial charge in [0, 0.05) is 35.3 Å². The van der Waals surface area contributed by atoms with Gasteiger partial charge in [-0.1, -0.05) is 0 Å². The lowest BCUT2D eigenvalue weighted by atomic mass is 10.1. The molecule has 0 aliphatic rings. The average molecular weight is 310 g/mol. The second-order valence-electron chi connectivity index (χ2n) is 6.36. The number of nitrogens with two attached hydrogens (primary N) is 1. The van der Waals surface area contributed by atoms with E-state index in [1.807, 2.05) is 32.9 Å². The molecule has 3 aromatic heterocycles. The van der Waals surface area contributed by atoms with Gasteiger partial charge in [0.1, 0.15) is 0 Å². The SMILES string of the molecule is CC(C)(C)NC(=O)c1cncc(-c2ccc3nc(N)nn3c2)c1. The van der Waals surface area contributed by atoms with Crippen molar-refractivity contribution in [2.24, 2.45) is 0 Å². The molecule has 7 nitrogen and oxygen atoms in total. The fourth-order valence-electron chi connectivity index (χ4n) is 2.21. The minimum absolute atomic E-state index is 0.155. The van der Waals surface area contributed by atoms with Gasteiger partial charge in [0.2, 0.25) is 5.95 Å². The summed E-state index contributed by atoms with van der Waals surface area (Å²) in [6, 6.07) is 5.52. The molecule has 0 fully saturated rings. The number of fused-ring (bicyclic) bond motifs is 1. The number of nitrogens with one attached hydrogen (secondary N) is 1. The molecule has 3 rings (SSSR count). The van der Waals surface area contributed by atoms with Gasteiger partial charge in [-0.3, -0.25) is 9.78 Å². The zero-order chi connectivity index (χ0) is 16.6. The molecule has 0 saturated carbocycles. The smallest absolute Gasteiger partial charge is 0.253 e. The Morgan fingerprint density at radius 2 is 2.00 bits per heavy atom. The maximum absolute atomic E-state index is 12.3. The predicted octanol–water partition coefficient (Wildman–Crippen LogP) is 1.90. The number of carbonyl (C=O) groups excluding carboxylic acids is 1. The highest BCUT2D eigenvalue weighted by Crippen LogP contribution is 2.20. The van der Waals surface area contributed by atoms with Crippen LogP contribution < -0.4 is 11.1 Å². The second-order valence-corrected chi connectivity index (χ2v) is 6.36. The normalized spacial score (nSPS) is 11.6. The van der Waals surface area contributed by atoms with Crippen LogP contribution in [0.15, 0.2) is 36.8 Å². The van der Waals surface area contributed by atoms with E-state index in [-0.39, 0.29) is 17.4 Å². The number of hydrogen-bond donors (Lipinski definition) is 2. The molecule has 3 N–H and O–H groups in total. The summed E-state index contributed by atoms with van der Waals surface area (Å²) in [7, 11) is 0. The monoisotopic (exact) mass is 310 g/mol. The van der Waals surface area contributed by atoms with Crippen LogP contribution in [0.4, 0.5) is 5.95 Å². The molecule has 23 heavy (non-hydrogen) atoms. The van der Waals surface area contributed by atoms with Crippen LogP contribution in [0.1, 0.15) is 31.1 Å². The van der Waals surface area contributed by atoms with Gasteiger partial charge >= 0.3 is 0 Å². The van der Waals surface area contributed by atoms with Crippen molar-refractivity contribution < 1.29 is 4.79 Å². The summed E-state index contributed by atoms with van der Waals surface area (Å²) in [4.78, 5) is 20.5. The third kappa shape index (κ3) is 3.28. The predicted molar refractivity (Wildman–Crippen MR) is 87.8 cm³/mol. The van der Waals surface area contributed by atoms with E-state index in [1.165, 1.54) is 0 Å². The number of anilines is 1. The highest BCUT2D eigenvalue weighted by molar-refractivity contribution is 5.95. The van der Waals surface area contributed by atoms with Crippen molar-refractivity contribution in [3.8, 4) is 11.1 Å². The Morgan fingerprint density at radius 3 is 2.74 bits per heavy atom. The van der Waals surface area contributed by atoms with E-state index >= 15 is 0 Å². The molecule has 3 heterocycles. The molecule has 0 aliphatic carbocycles. The lowest BCUT2D eigenvalue weighted by Gasteiger charge is -2.20. The first-order valence-corrected chi connectivity index (χ1v) is 7.22. The Balaban J connectivity index is 1.96. The van der Waals surface area contributed by atoms with Crippen molar-refractivity contribution >= 4 is 17.5 Å². The third-order valence-electron chi connectivity index (χ3n) is 3.17. The number of nitrogens with zero attached hydrogens (tertiary/aromatic N) is 4. The first-order valence-electron chi connectivity index (χ1n) is 7.22. The van der Waals surface area contributed by atoms with E-state index in [0.717, 1.165) is 11.1 Å².